The fraction of sp³-hybridized carbons (Fsp3) is 0.357. The molecule has 1 aromatic rings. The highest BCUT2D eigenvalue weighted by Gasteiger charge is 2.23. The molecule has 0 fully saturated rings. The van der Waals surface area contributed by atoms with E-state index in [9.17, 15) is 4.79 Å². The largest absolute Gasteiger partial charge is 0.481 e. The molecule has 1 rings (SSSR count). The SMILES string of the molecule is CC(C=CC(C)(C)C(=O)O)Nc1ccccc1. The van der Waals surface area contributed by atoms with Gasteiger partial charge in [-0.25, -0.2) is 0 Å². The zero-order chi connectivity index (χ0) is 12.9. The third-order valence-electron chi connectivity index (χ3n) is 2.52. The van der Waals surface area contributed by atoms with Gasteiger partial charge >= 0.3 is 5.97 Å². The third kappa shape index (κ3) is 4.31. The van der Waals surface area contributed by atoms with Crippen molar-refractivity contribution in [3.63, 3.8) is 0 Å². The van der Waals surface area contributed by atoms with E-state index in [1.807, 2.05) is 43.3 Å². The molecule has 3 heteroatoms. The minimum absolute atomic E-state index is 0.0935. The van der Waals surface area contributed by atoms with Crippen LogP contribution in [0.15, 0.2) is 42.5 Å². The van der Waals surface area contributed by atoms with Crippen molar-refractivity contribution in [3.8, 4) is 0 Å². The smallest absolute Gasteiger partial charge is 0.312 e. The van der Waals surface area contributed by atoms with Crippen LogP contribution in [-0.4, -0.2) is 17.1 Å². The maximum Gasteiger partial charge on any atom is 0.312 e. The Bertz CT molecular complexity index is 396. The molecule has 0 heterocycles. The number of carboxylic acids is 1. The molecule has 3 nitrogen and oxygen atoms in total. The second kappa shape index (κ2) is 5.53. The molecule has 0 aliphatic carbocycles. The van der Waals surface area contributed by atoms with E-state index < -0.39 is 11.4 Å². The van der Waals surface area contributed by atoms with Gasteiger partial charge in [-0.15, -0.1) is 0 Å². The molecule has 0 aliphatic heterocycles. The van der Waals surface area contributed by atoms with Crippen molar-refractivity contribution >= 4 is 11.7 Å². The molecule has 0 saturated carbocycles. The number of nitrogens with one attached hydrogen (secondary N) is 1. The van der Waals surface area contributed by atoms with E-state index in [2.05, 4.69) is 5.32 Å². The van der Waals surface area contributed by atoms with Crippen LogP contribution in [-0.2, 0) is 4.79 Å². The highest BCUT2D eigenvalue weighted by Crippen LogP contribution is 2.17. The van der Waals surface area contributed by atoms with Crippen molar-refractivity contribution in [3.05, 3.63) is 42.5 Å². The maximum atomic E-state index is 10.9. The Kier molecular flexibility index (Phi) is 4.32. The number of rotatable bonds is 5. The molecular formula is C14H19NO2. The Balaban J connectivity index is 2.59. The van der Waals surface area contributed by atoms with E-state index in [0.29, 0.717) is 0 Å². The van der Waals surface area contributed by atoms with Crippen molar-refractivity contribution < 1.29 is 9.90 Å². The van der Waals surface area contributed by atoms with E-state index in [4.69, 9.17) is 5.11 Å². The maximum absolute atomic E-state index is 10.9. The molecule has 92 valence electrons. The summed E-state index contributed by atoms with van der Waals surface area (Å²) in [6.45, 7) is 5.35. The molecule has 0 saturated heterocycles. The molecule has 17 heavy (non-hydrogen) atoms. The lowest BCUT2D eigenvalue weighted by atomic mass is 9.93. The number of anilines is 1. The summed E-state index contributed by atoms with van der Waals surface area (Å²) in [6.07, 6.45) is 3.59. The standard InChI is InChI=1S/C14H19NO2/c1-11(9-10-14(2,3)13(16)17)15-12-7-5-4-6-8-12/h4-11,15H,1-3H3,(H,16,17). The normalized spacial score (nSPS) is 13.6. The zero-order valence-corrected chi connectivity index (χ0v) is 10.5. The second-order valence-electron chi connectivity index (χ2n) is 4.68. The Morgan fingerprint density at radius 3 is 2.47 bits per heavy atom. The third-order valence-corrected chi connectivity index (χ3v) is 2.52. The quantitative estimate of drug-likeness (QED) is 0.768. The molecule has 2 N–H and O–H groups in total. The Labute approximate surface area is 102 Å². The van der Waals surface area contributed by atoms with Crippen molar-refractivity contribution in [2.75, 3.05) is 5.32 Å². The van der Waals surface area contributed by atoms with Crippen molar-refractivity contribution in [2.24, 2.45) is 5.41 Å². The first-order chi connectivity index (χ1) is 7.92. The van der Waals surface area contributed by atoms with E-state index in [1.165, 1.54) is 0 Å². The van der Waals surface area contributed by atoms with Gasteiger partial charge in [0, 0.05) is 11.7 Å². The highest BCUT2D eigenvalue weighted by molar-refractivity contribution is 5.75. The molecule has 0 aromatic heterocycles. The molecule has 1 aromatic carbocycles. The van der Waals surface area contributed by atoms with Gasteiger partial charge in [0.05, 0.1) is 5.41 Å². The lowest BCUT2D eigenvalue weighted by Crippen LogP contribution is -2.22. The molecule has 1 atom stereocenters. The van der Waals surface area contributed by atoms with Gasteiger partial charge in [-0.3, -0.25) is 4.79 Å². The van der Waals surface area contributed by atoms with Gasteiger partial charge in [0.1, 0.15) is 0 Å². The summed E-state index contributed by atoms with van der Waals surface area (Å²) in [7, 11) is 0. The zero-order valence-electron chi connectivity index (χ0n) is 10.5. The number of benzene rings is 1. The predicted molar refractivity (Wildman–Crippen MR) is 70.1 cm³/mol. The average molecular weight is 233 g/mol. The molecule has 1 unspecified atom stereocenters. The van der Waals surface area contributed by atoms with Gasteiger partial charge in [0.15, 0.2) is 0 Å². The summed E-state index contributed by atoms with van der Waals surface area (Å²) in [6, 6.07) is 9.93. The van der Waals surface area contributed by atoms with Crippen LogP contribution in [0.1, 0.15) is 20.8 Å². The fourth-order valence-corrected chi connectivity index (χ4v) is 1.30. The van der Waals surface area contributed by atoms with Crippen molar-refractivity contribution in [2.45, 2.75) is 26.8 Å². The number of carboxylic acid groups (broad SMARTS) is 1. The summed E-state index contributed by atoms with van der Waals surface area (Å²) in [5.74, 6) is -0.819. The van der Waals surface area contributed by atoms with Crippen LogP contribution >= 0.6 is 0 Å². The average Bonchev–Trinajstić information content (AvgIpc) is 2.28. The van der Waals surface area contributed by atoms with Gasteiger partial charge in [-0.2, -0.15) is 0 Å². The summed E-state index contributed by atoms with van der Waals surface area (Å²) in [5, 5.41) is 12.2. The second-order valence-corrected chi connectivity index (χ2v) is 4.68. The van der Waals surface area contributed by atoms with E-state index in [0.717, 1.165) is 5.69 Å². The van der Waals surface area contributed by atoms with Gasteiger partial charge in [-0.1, -0.05) is 30.4 Å². The van der Waals surface area contributed by atoms with Gasteiger partial charge in [0.2, 0.25) is 0 Å². The van der Waals surface area contributed by atoms with Gasteiger partial charge in [0.25, 0.3) is 0 Å². The van der Waals surface area contributed by atoms with E-state index in [-0.39, 0.29) is 6.04 Å². The van der Waals surface area contributed by atoms with Crippen molar-refractivity contribution in [1.29, 1.82) is 0 Å². The fourth-order valence-electron chi connectivity index (χ4n) is 1.30. The minimum Gasteiger partial charge on any atom is -0.481 e. The van der Waals surface area contributed by atoms with Crippen LogP contribution in [0.25, 0.3) is 0 Å². The topological polar surface area (TPSA) is 49.3 Å². The number of aliphatic carboxylic acids is 1. The predicted octanol–water partition coefficient (Wildman–Crippen LogP) is 3.15. The van der Waals surface area contributed by atoms with Gasteiger partial charge in [-0.05, 0) is 32.9 Å². The van der Waals surface area contributed by atoms with Crippen molar-refractivity contribution in [1.82, 2.24) is 0 Å². The minimum atomic E-state index is -0.827. The number of hydrogen-bond acceptors (Lipinski definition) is 2. The number of hydrogen-bond donors (Lipinski definition) is 2. The molecule has 0 amide bonds. The molecular weight excluding hydrogens is 214 g/mol. The molecule has 0 aliphatic rings. The molecule has 0 bridgehead atoms. The summed E-state index contributed by atoms with van der Waals surface area (Å²) in [5.41, 5.74) is 0.199. The number of carbonyl (C=O) groups is 1. The van der Waals surface area contributed by atoms with Crippen LogP contribution in [0.5, 0.6) is 0 Å². The lowest BCUT2D eigenvalue weighted by Gasteiger charge is -2.16. The van der Waals surface area contributed by atoms with Crippen LogP contribution < -0.4 is 5.32 Å². The first-order valence-electron chi connectivity index (χ1n) is 5.66. The Hall–Kier alpha value is -1.77. The first-order valence-corrected chi connectivity index (χ1v) is 5.66. The molecule has 0 radical (unpaired) electrons. The first kappa shape index (κ1) is 13.3. The highest BCUT2D eigenvalue weighted by atomic mass is 16.4. The summed E-state index contributed by atoms with van der Waals surface area (Å²) >= 11 is 0. The summed E-state index contributed by atoms with van der Waals surface area (Å²) < 4.78 is 0. The van der Waals surface area contributed by atoms with Crippen LogP contribution in [0.4, 0.5) is 5.69 Å². The molecule has 0 spiro atoms. The van der Waals surface area contributed by atoms with Crippen LogP contribution in [0.3, 0.4) is 0 Å². The Morgan fingerprint density at radius 2 is 1.94 bits per heavy atom. The Morgan fingerprint density at radius 1 is 1.35 bits per heavy atom. The summed E-state index contributed by atoms with van der Waals surface area (Å²) in [4.78, 5) is 10.9. The van der Waals surface area contributed by atoms with E-state index >= 15 is 0 Å². The van der Waals surface area contributed by atoms with Crippen LogP contribution in [0.2, 0.25) is 0 Å². The number of para-hydroxylation sites is 1. The monoisotopic (exact) mass is 233 g/mol. The van der Waals surface area contributed by atoms with E-state index in [1.54, 1.807) is 19.9 Å². The lowest BCUT2D eigenvalue weighted by molar-refractivity contribution is -0.144. The van der Waals surface area contributed by atoms with Gasteiger partial charge < -0.3 is 10.4 Å². The van der Waals surface area contributed by atoms with Crippen LogP contribution in [0, 0.1) is 5.41 Å².